The van der Waals surface area contributed by atoms with E-state index in [1.54, 1.807) is 0 Å². The predicted molar refractivity (Wildman–Crippen MR) is 40.7 cm³/mol. The SMILES string of the molecule is CC(=O)OC[C@H](O)[C@H](O)[C@@H](O)C=O. The van der Waals surface area contributed by atoms with Crippen LogP contribution in [0, 0.1) is 0 Å². The Kier molecular flexibility index (Phi) is 5.20. The smallest absolute Gasteiger partial charge is 0.302 e. The molecular weight excluding hydrogens is 180 g/mol. The van der Waals surface area contributed by atoms with Gasteiger partial charge in [0.05, 0.1) is 0 Å². The maximum atomic E-state index is 10.3. The number of hydrogen-bond donors (Lipinski definition) is 3. The van der Waals surface area contributed by atoms with Crippen LogP contribution < -0.4 is 0 Å². The summed E-state index contributed by atoms with van der Waals surface area (Å²) in [4.78, 5) is 20.2. The number of aliphatic hydroxyl groups excluding tert-OH is 3. The van der Waals surface area contributed by atoms with Gasteiger partial charge in [-0.05, 0) is 0 Å². The van der Waals surface area contributed by atoms with Gasteiger partial charge in [0, 0.05) is 6.92 Å². The standard InChI is InChI=1S/C7H12O6/c1-4(9)13-3-6(11)7(12)5(10)2-8/h2,5-7,10-12H,3H2,1H3/t5-,6-,7+/m0/s1. The molecule has 0 aliphatic heterocycles. The van der Waals surface area contributed by atoms with Crippen molar-refractivity contribution in [2.45, 2.75) is 25.2 Å². The van der Waals surface area contributed by atoms with Crippen molar-refractivity contribution in [2.24, 2.45) is 0 Å². The van der Waals surface area contributed by atoms with Gasteiger partial charge >= 0.3 is 5.97 Å². The molecule has 0 amide bonds. The van der Waals surface area contributed by atoms with E-state index < -0.39 is 30.9 Å². The molecule has 3 atom stereocenters. The summed E-state index contributed by atoms with van der Waals surface area (Å²) >= 11 is 0. The lowest BCUT2D eigenvalue weighted by atomic mass is 10.1. The van der Waals surface area contributed by atoms with Crippen molar-refractivity contribution in [3.05, 3.63) is 0 Å². The number of carbonyl (C=O) groups is 2. The predicted octanol–water partition coefficient (Wildman–Crippen LogP) is -2.17. The lowest BCUT2D eigenvalue weighted by molar-refractivity contribution is -0.149. The van der Waals surface area contributed by atoms with Gasteiger partial charge in [0.25, 0.3) is 0 Å². The van der Waals surface area contributed by atoms with Crippen LogP contribution in [0.1, 0.15) is 6.92 Å². The van der Waals surface area contributed by atoms with E-state index in [9.17, 15) is 9.59 Å². The second-order valence-electron chi connectivity index (χ2n) is 2.49. The van der Waals surface area contributed by atoms with Gasteiger partial charge in [0.2, 0.25) is 0 Å². The molecule has 3 N–H and O–H groups in total. The van der Waals surface area contributed by atoms with E-state index in [-0.39, 0.29) is 6.29 Å². The zero-order chi connectivity index (χ0) is 10.4. The number of aliphatic hydroxyl groups is 3. The summed E-state index contributed by atoms with van der Waals surface area (Å²) in [6.45, 7) is 0.677. The third-order valence-corrected chi connectivity index (χ3v) is 1.34. The number of carbonyl (C=O) groups excluding carboxylic acids is 2. The molecule has 6 heteroatoms. The largest absolute Gasteiger partial charge is 0.463 e. The second-order valence-corrected chi connectivity index (χ2v) is 2.49. The van der Waals surface area contributed by atoms with Crippen LogP contribution in [-0.4, -0.2) is 52.5 Å². The molecule has 0 fully saturated rings. The number of esters is 1. The number of hydrogen-bond acceptors (Lipinski definition) is 6. The molecule has 0 bridgehead atoms. The highest BCUT2D eigenvalue weighted by Gasteiger charge is 2.24. The maximum Gasteiger partial charge on any atom is 0.302 e. The first-order valence-corrected chi connectivity index (χ1v) is 3.62. The Hall–Kier alpha value is -0.980. The molecule has 0 spiro atoms. The molecule has 0 rings (SSSR count). The van der Waals surface area contributed by atoms with Crippen molar-refractivity contribution in [3.63, 3.8) is 0 Å². The summed E-state index contributed by atoms with van der Waals surface area (Å²) in [7, 11) is 0. The summed E-state index contributed by atoms with van der Waals surface area (Å²) < 4.78 is 4.34. The van der Waals surface area contributed by atoms with Gasteiger partial charge in [-0.2, -0.15) is 0 Å². The van der Waals surface area contributed by atoms with Crippen molar-refractivity contribution < 1.29 is 29.6 Å². The van der Waals surface area contributed by atoms with Gasteiger partial charge in [-0.1, -0.05) is 0 Å². The average Bonchev–Trinajstić information content (AvgIpc) is 2.11. The molecule has 0 aliphatic rings. The Morgan fingerprint density at radius 3 is 2.38 bits per heavy atom. The number of ether oxygens (including phenoxy) is 1. The first kappa shape index (κ1) is 12.0. The van der Waals surface area contributed by atoms with E-state index in [1.165, 1.54) is 0 Å². The molecule has 0 saturated carbocycles. The van der Waals surface area contributed by atoms with E-state index in [0.717, 1.165) is 6.92 Å². The molecular formula is C7H12O6. The van der Waals surface area contributed by atoms with Crippen LogP contribution >= 0.6 is 0 Å². The van der Waals surface area contributed by atoms with E-state index in [0.29, 0.717) is 0 Å². The molecule has 0 aromatic rings. The van der Waals surface area contributed by atoms with Crippen molar-refractivity contribution in [1.82, 2.24) is 0 Å². The van der Waals surface area contributed by atoms with E-state index in [2.05, 4.69) is 4.74 Å². The van der Waals surface area contributed by atoms with Crippen LogP contribution in [0.2, 0.25) is 0 Å². The van der Waals surface area contributed by atoms with Crippen molar-refractivity contribution >= 4 is 12.3 Å². The molecule has 6 nitrogen and oxygen atoms in total. The lowest BCUT2D eigenvalue weighted by Crippen LogP contribution is -2.41. The third kappa shape index (κ3) is 4.56. The zero-order valence-electron chi connectivity index (χ0n) is 7.08. The third-order valence-electron chi connectivity index (χ3n) is 1.34. The average molecular weight is 192 g/mol. The second kappa shape index (κ2) is 5.63. The normalized spacial score (nSPS) is 17.2. The Bertz CT molecular complexity index is 180. The Labute approximate surface area is 74.7 Å². The van der Waals surface area contributed by atoms with Crippen molar-refractivity contribution in [1.29, 1.82) is 0 Å². The fourth-order valence-electron chi connectivity index (χ4n) is 0.609. The minimum Gasteiger partial charge on any atom is -0.463 e. The molecule has 0 saturated heterocycles. The molecule has 13 heavy (non-hydrogen) atoms. The molecule has 0 aromatic heterocycles. The molecule has 76 valence electrons. The van der Waals surface area contributed by atoms with Gasteiger partial charge in [-0.15, -0.1) is 0 Å². The Balaban J connectivity index is 3.87. The van der Waals surface area contributed by atoms with Gasteiger partial charge in [0.1, 0.15) is 24.9 Å². The van der Waals surface area contributed by atoms with E-state index in [4.69, 9.17) is 15.3 Å². The van der Waals surface area contributed by atoms with Crippen LogP contribution in [0.5, 0.6) is 0 Å². The summed E-state index contributed by atoms with van der Waals surface area (Å²) in [6.07, 6.45) is -4.70. The summed E-state index contributed by atoms with van der Waals surface area (Å²) in [5.74, 6) is -0.619. The Morgan fingerprint density at radius 1 is 1.46 bits per heavy atom. The molecule has 0 radical (unpaired) electrons. The van der Waals surface area contributed by atoms with E-state index >= 15 is 0 Å². The van der Waals surface area contributed by atoms with Gasteiger partial charge in [-0.3, -0.25) is 4.79 Å². The first-order valence-electron chi connectivity index (χ1n) is 3.62. The van der Waals surface area contributed by atoms with Crippen molar-refractivity contribution in [2.75, 3.05) is 6.61 Å². The Morgan fingerprint density at radius 2 is 2.00 bits per heavy atom. The minimum absolute atomic E-state index is 0.0850. The van der Waals surface area contributed by atoms with Crippen LogP contribution in [0.25, 0.3) is 0 Å². The van der Waals surface area contributed by atoms with Crippen LogP contribution in [0.3, 0.4) is 0 Å². The number of aldehydes is 1. The van der Waals surface area contributed by atoms with Crippen molar-refractivity contribution in [3.8, 4) is 0 Å². The summed E-state index contributed by atoms with van der Waals surface area (Å²) in [5.41, 5.74) is 0. The minimum atomic E-state index is -1.68. The summed E-state index contributed by atoms with van der Waals surface area (Å²) in [6, 6.07) is 0. The molecule has 0 unspecified atom stereocenters. The fourth-order valence-corrected chi connectivity index (χ4v) is 0.609. The van der Waals surface area contributed by atoms with Crippen LogP contribution in [-0.2, 0) is 14.3 Å². The topological polar surface area (TPSA) is 104 Å². The van der Waals surface area contributed by atoms with Gasteiger partial charge in [-0.25, -0.2) is 0 Å². The highest BCUT2D eigenvalue weighted by molar-refractivity contribution is 5.65. The van der Waals surface area contributed by atoms with Gasteiger partial charge < -0.3 is 24.9 Å². The molecule has 0 heterocycles. The fraction of sp³-hybridized carbons (Fsp3) is 0.714. The van der Waals surface area contributed by atoms with Crippen LogP contribution in [0.4, 0.5) is 0 Å². The maximum absolute atomic E-state index is 10.3. The highest BCUT2D eigenvalue weighted by atomic mass is 16.5. The zero-order valence-corrected chi connectivity index (χ0v) is 7.08. The first-order chi connectivity index (χ1) is 5.99. The monoisotopic (exact) mass is 192 g/mol. The van der Waals surface area contributed by atoms with E-state index in [1.807, 2.05) is 0 Å². The quantitative estimate of drug-likeness (QED) is 0.338. The molecule has 0 aliphatic carbocycles. The highest BCUT2D eigenvalue weighted by Crippen LogP contribution is 1.99. The molecule has 0 aromatic carbocycles. The lowest BCUT2D eigenvalue weighted by Gasteiger charge is -2.18. The van der Waals surface area contributed by atoms with Gasteiger partial charge in [0.15, 0.2) is 6.29 Å². The van der Waals surface area contributed by atoms with Crippen LogP contribution in [0.15, 0.2) is 0 Å². The summed E-state index contributed by atoms with van der Waals surface area (Å²) in [5, 5.41) is 26.7. The number of rotatable bonds is 5.